The second-order valence-electron chi connectivity index (χ2n) is 13.7. The number of hydrogen-bond acceptors (Lipinski definition) is 14. The van der Waals surface area contributed by atoms with Crippen molar-refractivity contribution in [3.8, 4) is 11.5 Å². The number of hydrogen-bond donors (Lipinski definition) is 3. The van der Waals surface area contributed by atoms with Crippen LogP contribution in [0.25, 0.3) is 10.1 Å². The number of aromatic nitrogens is 1. The van der Waals surface area contributed by atoms with Gasteiger partial charge in [0.1, 0.15) is 35.5 Å². The number of carboxylic acid groups (broad SMARTS) is 1. The predicted octanol–water partition coefficient (Wildman–Crippen LogP) is 7.02. The molecule has 61 heavy (non-hydrogen) atoms. The monoisotopic (exact) mass is 891 g/mol. The lowest BCUT2D eigenvalue weighted by atomic mass is 9.77. The van der Waals surface area contributed by atoms with Gasteiger partial charge in [0, 0.05) is 39.1 Å². The summed E-state index contributed by atoms with van der Waals surface area (Å²) in [6, 6.07) is 33.9. The number of benzene rings is 4. The van der Waals surface area contributed by atoms with E-state index in [-0.39, 0.29) is 34.0 Å². The lowest BCUT2D eigenvalue weighted by molar-refractivity contribution is -0.150. The van der Waals surface area contributed by atoms with Gasteiger partial charge in [-0.25, -0.2) is 9.78 Å². The maximum Gasteiger partial charge on any atom is 0.352 e. The normalized spacial score (nSPS) is 16.4. The van der Waals surface area contributed by atoms with Gasteiger partial charge in [-0.05, 0) is 28.3 Å². The molecule has 1 saturated heterocycles. The molecule has 0 saturated carbocycles. The molecule has 2 aromatic heterocycles. The number of amides is 2. The number of thioether (sulfide) groups is 2. The van der Waals surface area contributed by atoms with Crippen LogP contribution in [-0.2, 0) is 24.8 Å². The first-order valence-corrected chi connectivity index (χ1v) is 22.4. The number of nitrogens with one attached hydrogen (secondary N) is 2. The van der Waals surface area contributed by atoms with Crippen molar-refractivity contribution in [1.82, 2.24) is 15.2 Å². The third-order valence-electron chi connectivity index (χ3n) is 10.2. The van der Waals surface area contributed by atoms with E-state index in [1.54, 1.807) is 17.5 Å². The molecule has 2 aliphatic rings. The van der Waals surface area contributed by atoms with Crippen LogP contribution in [0.1, 0.15) is 22.4 Å². The second-order valence-corrected chi connectivity index (χ2v) is 18.0. The molecule has 1 unspecified atom stereocenters. The Bertz CT molecular complexity index is 2650. The van der Waals surface area contributed by atoms with Crippen LogP contribution in [0, 0.1) is 0 Å². The smallest absolute Gasteiger partial charge is 0.352 e. The lowest BCUT2D eigenvalue weighted by Gasteiger charge is -2.49. The van der Waals surface area contributed by atoms with E-state index >= 15 is 0 Å². The highest BCUT2D eigenvalue weighted by Crippen LogP contribution is 2.44. The average Bonchev–Trinajstić information content (AvgIpc) is 3.76. The zero-order chi connectivity index (χ0) is 42.7. The Morgan fingerprint density at radius 1 is 0.902 bits per heavy atom. The predicted molar refractivity (Wildman–Crippen MR) is 240 cm³/mol. The van der Waals surface area contributed by atoms with Gasteiger partial charge in [0.15, 0.2) is 27.8 Å². The topological polar surface area (TPSA) is 169 Å². The number of carbonyl (C=O) groups excluding carboxylic acids is 2. The van der Waals surface area contributed by atoms with Crippen LogP contribution in [0.2, 0.25) is 0 Å². The van der Waals surface area contributed by atoms with Gasteiger partial charge < -0.3 is 30.1 Å². The molecule has 0 aliphatic carbocycles. The van der Waals surface area contributed by atoms with Gasteiger partial charge >= 0.3 is 5.97 Å². The highest BCUT2D eigenvalue weighted by molar-refractivity contribution is 8.02. The number of fused-ring (bicyclic) bond motifs is 2. The number of nitrogens with zero attached hydrogens (tertiary/aromatic N) is 3. The molecule has 2 aliphatic heterocycles. The molecule has 0 radical (unpaired) electrons. The quantitative estimate of drug-likeness (QED) is 0.0317. The van der Waals surface area contributed by atoms with Crippen LogP contribution < -0.4 is 25.5 Å². The molecule has 4 aromatic carbocycles. The van der Waals surface area contributed by atoms with Crippen LogP contribution in [0.5, 0.6) is 11.5 Å². The molecular formula is C44H37N5O8S4. The SMILES string of the molecule is CON=C(C(=O)NC1C(=O)N2C(C(=O)O)=C(CSc3cc(=O)c4cc(OC)c(OC)cc4s3)CS[C@@H]12)c1csc(NC(c2ccccc2)(c2ccccc2)c2ccccc2)n1. The molecule has 310 valence electrons. The van der Waals surface area contributed by atoms with Crippen LogP contribution in [0.15, 0.2) is 140 Å². The molecule has 8 rings (SSSR count). The summed E-state index contributed by atoms with van der Waals surface area (Å²) in [7, 11) is 4.33. The minimum Gasteiger partial charge on any atom is -0.493 e. The summed E-state index contributed by atoms with van der Waals surface area (Å²) < 4.78 is 12.1. The first-order valence-electron chi connectivity index (χ1n) is 18.7. The fourth-order valence-electron chi connectivity index (χ4n) is 7.37. The van der Waals surface area contributed by atoms with Crippen LogP contribution in [0.4, 0.5) is 5.13 Å². The van der Waals surface area contributed by atoms with E-state index in [0.717, 1.165) is 16.7 Å². The van der Waals surface area contributed by atoms with Crippen molar-refractivity contribution in [2.24, 2.45) is 5.16 Å². The zero-order valence-electron chi connectivity index (χ0n) is 32.8. The summed E-state index contributed by atoms with van der Waals surface area (Å²) in [5.41, 5.74) is 2.28. The van der Waals surface area contributed by atoms with Gasteiger partial charge in [-0.2, -0.15) is 0 Å². The van der Waals surface area contributed by atoms with Crippen molar-refractivity contribution in [3.05, 3.63) is 158 Å². The molecular weight excluding hydrogens is 855 g/mol. The van der Waals surface area contributed by atoms with Crippen molar-refractivity contribution < 1.29 is 33.8 Å². The fourth-order valence-corrected chi connectivity index (χ4v) is 11.8. The number of β-lactam (4-membered cyclic amide) rings is 1. The molecule has 1 fully saturated rings. The standard InChI is InChI=1S/C44H37N5O8S4/c1-55-32-19-29-31(50)20-35(61-34(29)21-33(32)56-2)58-22-25-23-59-41-37(40(52)49(41)38(25)42(53)54)46-39(51)36(48-57-3)30-24-60-43(45-30)47-44(26-13-7-4-8-14-26,27-15-9-5-10-16-27)28-17-11-6-12-18-28/h4-21,24,37,41H,22-23H2,1-3H3,(H,45,47)(H,46,51)(H,53,54)/t37?,41-/m0/s1. The van der Waals surface area contributed by atoms with Crippen LogP contribution in [0.3, 0.4) is 0 Å². The van der Waals surface area contributed by atoms with E-state index in [1.165, 1.54) is 78.5 Å². The number of ether oxygens (including phenoxy) is 2. The van der Waals surface area contributed by atoms with E-state index in [4.69, 9.17) is 19.3 Å². The molecule has 3 N–H and O–H groups in total. The van der Waals surface area contributed by atoms with Crippen LogP contribution in [-0.4, -0.2) is 82.7 Å². The number of carbonyl (C=O) groups is 3. The molecule has 0 spiro atoms. The zero-order valence-corrected chi connectivity index (χ0v) is 36.1. The number of thiazole rings is 1. The third-order valence-corrected chi connectivity index (χ3v) is 14.7. The largest absolute Gasteiger partial charge is 0.493 e. The van der Waals surface area contributed by atoms with Crippen molar-refractivity contribution in [2.75, 3.05) is 38.2 Å². The fraction of sp³-hybridized carbons (Fsp3) is 0.182. The van der Waals surface area contributed by atoms with E-state index in [2.05, 4.69) is 15.8 Å². The summed E-state index contributed by atoms with van der Waals surface area (Å²) in [5, 5.41) is 22.8. The van der Waals surface area contributed by atoms with Gasteiger partial charge in [0.25, 0.3) is 11.8 Å². The Morgan fingerprint density at radius 3 is 2.08 bits per heavy atom. The molecule has 13 nitrogen and oxygen atoms in total. The first kappa shape index (κ1) is 41.6. The summed E-state index contributed by atoms with van der Waals surface area (Å²) in [6.07, 6.45) is 0. The Hall–Kier alpha value is -6.14. The summed E-state index contributed by atoms with van der Waals surface area (Å²) in [5.74, 6) is -1.10. The first-order chi connectivity index (χ1) is 29.7. The van der Waals surface area contributed by atoms with Crippen molar-refractivity contribution in [3.63, 3.8) is 0 Å². The summed E-state index contributed by atoms with van der Waals surface area (Å²) in [4.78, 5) is 64.4. The van der Waals surface area contributed by atoms with E-state index < -0.39 is 34.7 Å². The number of aliphatic carboxylic acids is 1. The Labute approximate surface area is 366 Å². The van der Waals surface area contributed by atoms with Gasteiger partial charge in [-0.15, -0.1) is 46.2 Å². The minimum atomic E-state index is -1.26. The summed E-state index contributed by atoms with van der Waals surface area (Å²) in [6.45, 7) is 0. The van der Waals surface area contributed by atoms with E-state index in [0.29, 0.717) is 36.5 Å². The molecule has 17 heteroatoms. The lowest BCUT2D eigenvalue weighted by Crippen LogP contribution is -2.71. The Kier molecular flexibility index (Phi) is 12.2. The molecule has 2 atom stereocenters. The number of rotatable bonds is 15. The Morgan fingerprint density at radius 2 is 1.51 bits per heavy atom. The van der Waals surface area contributed by atoms with Crippen LogP contribution >= 0.6 is 46.2 Å². The maximum atomic E-state index is 13.9. The Balaban J connectivity index is 1.01. The second kappa shape index (κ2) is 17.8. The van der Waals surface area contributed by atoms with Crippen molar-refractivity contribution in [2.45, 2.75) is 21.2 Å². The number of anilines is 1. The van der Waals surface area contributed by atoms with Crippen molar-refractivity contribution in [1.29, 1.82) is 0 Å². The highest BCUT2D eigenvalue weighted by atomic mass is 32.2. The molecule has 0 bridgehead atoms. The molecule has 4 heterocycles. The number of methoxy groups -OCH3 is 2. The number of carboxylic acids is 1. The maximum absolute atomic E-state index is 13.9. The van der Waals surface area contributed by atoms with Gasteiger partial charge in [-0.3, -0.25) is 19.3 Å². The molecule has 6 aromatic rings. The van der Waals surface area contributed by atoms with Gasteiger partial charge in [0.05, 0.1) is 18.4 Å². The van der Waals surface area contributed by atoms with Gasteiger partial charge in [0.2, 0.25) is 0 Å². The van der Waals surface area contributed by atoms with Crippen molar-refractivity contribution >= 4 is 84.9 Å². The average molecular weight is 892 g/mol. The highest BCUT2D eigenvalue weighted by Gasteiger charge is 2.54. The van der Waals surface area contributed by atoms with Gasteiger partial charge in [-0.1, -0.05) is 96.2 Å². The minimum absolute atomic E-state index is 0.133. The third kappa shape index (κ3) is 7.96. The molecule has 2 amide bonds. The number of oxime groups is 1. The van der Waals surface area contributed by atoms with E-state index in [1.807, 2.05) is 91.0 Å². The summed E-state index contributed by atoms with van der Waals surface area (Å²) >= 11 is 5.31. The van der Waals surface area contributed by atoms with E-state index in [9.17, 15) is 24.3 Å².